The number of carboxylic acid groups (broad SMARTS) is 1. The molecule has 1 aromatic heterocycles. The highest BCUT2D eigenvalue weighted by molar-refractivity contribution is 5.83. The first-order chi connectivity index (χ1) is 7.58. The van der Waals surface area contributed by atoms with Gasteiger partial charge >= 0.3 is 5.97 Å². The minimum atomic E-state index is -0.985. The molecule has 0 bridgehead atoms. The third-order valence-corrected chi connectivity index (χ3v) is 2.37. The zero-order chi connectivity index (χ0) is 11.7. The number of fused-ring (bicyclic) bond motifs is 1. The van der Waals surface area contributed by atoms with Gasteiger partial charge in [0.15, 0.2) is 6.61 Å². The second-order valence-electron chi connectivity index (χ2n) is 3.57. The number of aliphatic carboxylic acids is 1. The van der Waals surface area contributed by atoms with Crippen LogP contribution in [0.5, 0.6) is 5.75 Å². The molecule has 1 aromatic carbocycles. The first-order valence-electron chi connectivity index (χ1n) is 4.86. The van der Waals surface area contributed by atoms with Crippen LogP contribution in [-0.4, -0.2) is 27.5 Å². The third kappa shape index (κ3) is 1.84. The van der Waals surface area contributed by atoms with E-state index in [-0.39, 0.29) is 6.61 Å². The summed E-state index contributed by atoms with van der Waals surface area (Å²) in [6, 6.07) is 5.42. The van der Waals surface area contributed by atoms with Gasteiger partial charge in [-0.15, -0.1) is 0 Å². The van der Waals surface area contributed by atoms with Crippen LogP contribution in [0.3, 0.4) is 0 Å². The van der Waals surface area contributed by atoms with Gasteiger partial charge in [0.2, 0.25) is 0 Å². The van der Waals surface area contributed by atoms with Crippen LogP contribution in [-0.2, 0) is 11.8 Å². The Kier molecular flexibility index (Phi) is 2.52. The molecule has 0 saturated heterocycles. The molecule has 0 saturated carbocycles. The van der Waals surface area contributed by atoms with Gasteiger partial charge in [-0.2, -0.15) is 5.10 Å². The maximum atomic E-state index is 10.4. The fourth-order valence-corrected chi connectivity index (χ4v) is 1.65. The lowest BCUT2D eigenvalue weighted by Gasteiger charge is -2.03. The first kappa shape index (κ1) is 10.5. The number of benzene rings is 1. The lowest BCUT2D eigenvalue weighted by molar-refractivity contribution is -0.139. The summed E-state index contributed by atoms with van der Waals surface area (Å²) in [6.07, 6.45) is 0. The molecule has 2 rings (SSSR count). The standard InChI is InChI=1S/C11H12N2O3/c1-7-9-4-3-8(16-6-11(14)15)5-10(9)13(2)12-7/h3-5H,6H2,1-2H3,(H,14,15). The first-order valence-corrected chi connectivity index (χ1v) is 4.86. The van der Waals surface area contributed by atoms with Crippen LogP contribution < -0.4 is 4.74 Å². The average molecular weight is 220 g/mol. The zero-order valence-corrected chi connectivity index (χ0v) is 9.10. The van der Waals surface area contributed by atoms with Crippen molar-refractivity contribution in [2.24, 2.45) is 7.05 Å². The van der Waals surface area contributed by atoms with E-state index in [2.05, 4.69) is 5.10 Å². The summed E-state index contributed by atoms with van der Waals surface area (Å²) in [7, 11) is 1.84. The average Bonchev–Trinajstić information content (AvgIpc) is 2.52. The van der Waals surface area contributed by atoms with E-state index >= 15 is 0 Å². The Morgan fingerprint density at radius 1 is 1.56 bits per heavy atom. The molecule has 16 heavy (non-hydrogen) atoms. The summed E-state index contributed by atoms with van der Waals surface area (Å²) in [4.78, 5) is 10.4. The molecule has 0 aliphatic carbocycles. The number of hydrogen-bond acceptors (Lipinski definition) is 3. The van der Waals surface area contributed by atoms with E-state index in [1.807, 2.05) is 20.0 Å². The maximum absolute atomic E-state index is 10.4. The van der Waals surface area contributed by atoms with Crippen LogP contribution in [0, 0.1) is 6.92 Å². The van der Waals surface area contributed by atoms with Crippen molar-refractivity contribution in [2.45, 2.75) is 6.92 Å². The summed E-state index contributed by atoms with van der Waals surface area (Å²) >= 11 is 0. The molecular formula is C11H12N2O3. The highest BCUT2D eigenvalue weighted by atomic mass is 16.5. The van der Waals surface area contributed by atoms with Crippen molar-refractivity contribution in [3.63, 3.8) is 0 Å². The number of rotatable bonds is 3. The lowest BCUT2D eigenvalue weighted by Crippen LogP contribution is -2.09. The number of aromatic nitrogens is 2. The Morgan fingerprint density at radius 3 is 3.00 bits per heavy atom. The Morgan fingerprint density at radius 2 is 2.31 bits per heavy atom. The van der Waals surface area contributed by atoms with Crippen LogP contribution in [0.2, 0.25) is 0 Å². The van der Waals surface area contributed by atoms with Gasteiger partial charge in [-0.25, -0.2) is 4.79 Å². The fourth-order valence-electron chi connectivity index (χ4n) is 1.65. The Balaban J connectivity index is 2.36. The van der Waals surface area contributed by atoms with Gasteiger partial charge in [0, 0.05) is 18.5 Å². The minimum absolute atomic E-state index is 0.331. The smallest absolute Gasteiger partial charge is 0.341 e. The van der Waals surface area contributed by atoms with Gasteiger partial charge in [-0.05, 0) is 19.1 Å². The predicted octanol–water partition coefficient (Wildman–Crippen LogP) is 1.35. The quantitative estimate of drug-likeness (QED) is 0.847. The number of carbonyl (C=O) groups is 1. The van der Waals surface area contributed by atoms with Crippen molar-refractivity contribution in [2.75, 3.05) is 6.61 Å². The van der Waals surface area contributed by atoms with Crippen LogP contribution in [0.4, 0.5) is 0 Å². The Labute approximate surface area is 92.2 Å². The molecule has 84 valence electrons. The van der Waals surface area contributed by atoms with E-state index in [0.29, 0.717) is 5.75 Å². The Hall–Kier alpha value is -2.04. The molecule has 1 heterocycles. The van der Waals surface area contributed by atoms with E-state index in [1.165, 1.54) is 0 Å². The normalized spacial score (nSPS) is 10.6. The fraction of sp³-hybridized carbons (Fsp3) is 0.273. The molecule has 5 nitrogen and oxygen atoms in total. The zero-order valence-electron chi connectivity index (χ0n) is 9.10. The molecule has 0 aliphatic rings. The topological polar surface area (TPSA) is 64.4 Å². The second-order valence-corrected chi connectivity index (χ2v) is 3.57. The van der Waals surface area contributed by atoms with Crippen LogP contribution >= 0.6 is 0 Å². The van der Waals surface area contributed by atoms with Gasteiger partial charge in [0.05, 0.1) is 11.2 Å². The molecule has 2 aromatic rings. The van der Waals surface area contributed by atoms with E-state index in [4.69, 9.17) is 9.84 Å². The molecule has 1 N–H and O–H groups in total. The molecule has 0 spiro atoms. The van der Waals surface area contributed by atoms with E-state index in [0.717, 1.165) is 16.6 Å². The molecule has 0 radical (unpaired) electrons. The third-order valence-electron chi connectivity index (χ3n) is 2.37. The van der Waals surface area contributed by atoms with Crippen molar-refractivity contribution in [1.29, 1.82) is 0 Å². The number of nitrogens with zero attached hydrogens (tertiary/aromatic N) is 2. The molecular weight excluding hydrogens is 208 g/mol. The lowest BCUT2D eigenvalue weighted by atomic mass is 10.2. The summed E-state index contributed by atoms with van der Waals surface area (Å²) in [5, 5.41) is 13.8. The van der Waals surface area contributed by atoms with Gasteiger partial charge in [0.1, 0.15) is 5.75 Å². The van der Waals surface area contributed by atoms with Gasteiger partial charge in [-0.1, -0.05) is 0 Å². The summed E-state index contributed by atoms with van der Waals surface area (Å²) < 4.78 is 6.85. The highest BCUT2D eigenvalue weighted by Gasteiger charge is 2.06. The maximum Gasteiger partial charge on any atom is 0.341 e. The number of aryl methyl sites for hydroxylation is 2. The highest BCUT2D eigenvalue weighted by Crippen LogP contribution is 2.22. The van der Waals surface area contributed by atoms with Crippen molar-refractivity contribution in [3.8, 4) is 5.75 Å². The van der Waals surface area contributed by atoms with Crippen molar-refractivity contribution >= 4 is 16.9 Å². The number of carboxylic acids is 1. The molecule has 0 aliphatic heterocycles. The van der Waals surface area contributed by atoms with Gasteiger partial charge in [-0.3, -0.25) is 4.68 Å². The molecule has 0 fully saturated rings. The van der Waals surface area contributed by atoms with Crippen LogP contribution in [0.25, 0.3) is 10.9 Å². The number of ether oxygens (including phenoxy) is 1. The van der Waals surface area contributed by atoms with Crippen LogP contribution in [0.1, 0.15) is 5.69 Å². The van der Waals surface area contributed by atoms with E-state index in [1.54, 1.807) is 16.8 Å². The van der Waals surface area contributed by atoms with Gasteiger partial charge < -0.3 is 9.84 Å². The monoisotopic (exact) mass is 220 g/mol. The van der Waals surface area contributed by atoms with Gasteiger partial charge in [0.25, 0.3) is 0 Å². The predicted molar refractivity (Wildman–Crippen MR) is 58.6 cm³/mol. The Bertz CT molecular complexity index is 545. The summed E-state index contributed by atoms with van der Waals surface area (Å²) in [6.45, 7) is 1.60. The number of hydrogen-bond donors (Lipinski definition) is 1. The molecule has 0 amide bonds. The summed E-state index contributed by atoms with van der Waals surface area (Å²) in [5.41, 5.74) is 1.88. The summed E-state index contributed by atoms with van der Waals surface area (Å²) in [5.74, 6) is -0.445. The minimum Gasteiger partial charge on any atom is -0.482 e. The van der Waals surface area contributed by atoms with E-state index < -0.39 is 5.97 Å². The van der Waals surface area contributed by atoms with Crippen molar-refractivity contribution in [1.82, 2.24) is 9.78 Å². The van der Waals surface area contributed by atoms with Crippen molar-refractivity contribution in [3.05, 3.63) is 23.9 Å². The van der Waals surface area contributed by atoms with Crippen molar-refractivity contribution < 1.29 is 14.6 Å². The SMILES string of the molecule is Cc1nn(C)c2cc(OCC(=O)O)ccc12. The molecule has 0 unspecified atom stereocenters. The van der Waals surface area contributed by atoms with Crippen LogP contribution in [0.15, 0.2) is 18.2 Å². The molecule has 5 heteroatoms. The largest absolute Gasteiger partial charge is 0.482 e. The molecule has 0 atom stereocenters. The van der Waals surface area contributed by atoms with E-state index in [9.17, 15) is 4.79 Å². The second kappa shape index (κ2) is 3.84.